The van der Waals surface area contributed by atoms with Crippen molar-refractivity contribution in [3.63, 3.8) is 0 Å². The molecule has 118 valence electrons. The number of nitrogens with one attached hydrogen (secondary N) is 2. The Hall–Kier alpha value is -3.36. The Balaban J connectivity index is 2.04. The van der Waals surface area contributed by atoms with Crippen LogP contribution < -0.4 is 26.9 Å². The van der Waals surface area contributed by atoms with Crippen molar-refractivity contribution in [1.29, 1.82) is 0 Å². The first kappa shape index (κ1) is 14.6. The summed E-state index contributed by atoms with van der Waals surface area (Å²) in [5.74, 6) is 5.37. The second-order valence-electron chi connectivity index (χ2n) is 4.94. The molecule has 23 heavy (non-hydrogen) atoms. The summed E-state index contributed by atoms with van der Waals surface area (Å²) >= 11 is 0. The van der Waals surface area contributed by atoms with E-state index in [2.05, 4.69) is 15.6 Å². The fourth-order valence-electron chi connectivity index (χ4n) is 2.26. The molecule has 3 amide bonds. The molecule has 2 heterocycles. The summed E-state index contributed by atoms with van der Waals surface area (Å²) in [6.07, 6.45) is 2.26. The largest absolute Gasteiger partial charge is 0.336 e. The summed E-state index contributed by atoms with van der Waals surface area (Å²) in [6.45, 7) is 1.34. The van der Waals surface area contributed by atoms with Gasteiger partial charge in [0.2, 0.25) is 11.7 Å². The standard InChI is InChI=1S/C14H14N6O3/c1-8(21)16-11-6-7-19(14(23)18-11)12-13(22)20(15)10-5-3-2-4-9(10)17-12/h2-7,11H,15H2,1H3,(H,16,21)(H,18,23). The van der Waals surface area contributed by atoms with Crippen LogP contribution in [-0.4, -0.2) is 27.8 Å². The molecule has 1 aliphatic heterocycles. The minimum atomic E-state index is -0.642. The number of rotatable bonds is 2. The zero-order valence-electron chi connectivity index (χ0n) is 12.2. The van der Waals surface area contributed by atoms with Gasteiger partial charge in [0.1, 0.15) is 6.17 Å². The molecule has 0 saturated heterocycles. The molecule has 1 aromatic heterocycles. The lowest BCUT2D eigenvalue weighted by atomic mass is 10.3. The van der Waals surface area contributed by atoms with Crippen LogP contribution in [-0.2, 0) is 4.79 Å². The highest BCUT2D eigenvalue weighted by Gasteiger charge is 2.26. The van der Waals surface area contributed by atoms with Gasteiger partial charge >= 0.3 is 11.6 Å². The summed E-state index contributed by atoms with van der Waals surface area (Å²) in [5.41, 5.74) is 0.329. The minimum absolute atomic E-state index is 0.124. The summed E-state index contributed by atoms with van der Waals surface area (Å²) in [4.78, 5) is 40.8. The van der Waals surface area contributed by atoms with E-state index in [4.69, 9.17) is 5.84 Å². The van der Waals surface area contributed by atoms with Gasteiger partial charge in [-0.15, -0.1) is 0 Å². The third-order valence-electron chi connectivity index (χ3n) is 3.29. The molecule has 9 heteroatoms. The summed E-state index contributed by atoms with van der Waals surface area (Å²) < 4.78 is 0.943. The van der Waals surface area contributed by atoms with Crippen LogP contribution in [0, 0.1) is 0 Å². The SMILES string of the molecule is CC(=O)NC1C=CN(c2nc3ccccc3n(N)c2=O)C(=O)N1. The molecule has 0 bridgehead atoms. The molecule has 0 aliphatic carbocycles. The first-order valence-electron chi connectivity index (χ1n) is 6.79. The van der Waals surface area contributed by atoms with Crippen molar-refractivity contribution in [2.45, 2.75) is 13.1 Å². The number of amides is 3. The average molecular weight is 314 g/mol. The van der Waals surface area contributed by atoms with Crippen LogP contribution in [0.3, 0.4) is 0 Å². The van der Waals surface area contributed by atoms with Crippen LogP contribution in [0.15, 0.2) is 41.3 Å². The number of hydrogen-bond acceptors (Lipinski definition) is 5. The molecule has 3 rings (SSSR count). The van der Waals surface area contributed by atoms with Crippen molar-refractivity contribution in [2.75, 3.05) is 10.7 Å². The number of nitrogen functional groups attached to an aromatic ring is 1. The van der Waals surface area contributed by atoms with E-state index in [-0.39, 0.29) is 11.7 Å². The second-order valence-corrected chi connectivity index (χ2v) is 4.94. The Bertz CT molecular complexity index is 888. The van der Waals surface area contributed by atoms with Crippen LogP contribution in [0.2, 0.25) is 0 Å². The lowest BCUT2D eigenvalue weighted by Gasteiger charge is -2.26. The van der Waals surface area contributed by atoms with Gasteiger partial charge in [0.15, 0.2) is 0 Å². The number of para-hydroxylation sites is 2. The van der Waals surface area contributed by atoms with E-state index < -0.39 is 17.8 Å². The van der Waals surface area contributed by atoms with Gasteiger partial charge in [0, 0.05) is 13.1 Å². The van der Waals surface area contributed by atoms with Crippen molar-refractivity contribution >= 4 is 28.8 Å². The van der Waals surface area contributed by atoms with E-state index in [0.717, 1.165) is 9.58 Å². The quantitative estimate of drug-likeness (QED) is 0.652. The monoisotopic (exact) mass is 314 g/mol. The number of carbonyl (C=O) groups is 2. The molecule has 9 nitrogen and oxygen atoms in total. The van der Waals surface area contributed by atoms with E-state index in [1.54, 1.807) is 24.3 Å². The van der Waals surface area contributed by atoms with Crippen molar-refractivity contribution in [3.05, 3.63) is 46.9 Å². The molecule has 0 saturated carbocycles. The molecule has 1 unspecified atom stereocenters. The smallest absolute Gasteiger partial charge is 0.329 e. The molecular formula is C14H14N6O3. The van der Waals surface area contributed by atoms with Gasteiger partial charge in [-0.25, -0.2) is 19.4 Å². The predicted molar refractivity (Wildman–Crippen MR) is 83.9 cm³/mol. The maximum atomic E-state index is 12.3. The zero-order chi connectivity index (χ0) is 16.6. The first-order chi connectivity index (χ1) is 11.0. The minimum Gasteiger partial charge on any atom is -0.336 e. The van der Waals surface area contributed by atoms with Crippen LogP contribution in [0.25, 0.3) is 11.0 Å². The van der Waals surface area contributed by atoms with Gasteiger partial charge in [-0.2, -0.15) is 0 Å². The fourth-order valence-corrected chi connectivity index (χ4v) is 2.26. The van der Waals surface area contributed by atoms with Gasteiger partial charge in [0.05, 0.1) is 11.0 Å². The Morgan fingerprint density at radius 2 is 2.09 bits per heavy atom. The third-order valence-corrected chi connectivity index (χ3v) is 3.29. The number of urea groups is 1. The van der Waals surface area contributed by atoms with Gasteiger partial charge < -0.3 is 16.5 Å². The van der Waals surface area contributed by atoms with E-state index in [0.29, 0.717) is 11.0 Å². The van der Waals surface area contributed by atoms with E-state index in [9.17, 15) is 14.4 Å². The van der Waals surface area contributed by atoms with Gasteiger partial charge in [-0.3, -0.25) is 9.59 Å². The average Bonchev–Trinajstić information content (AvgIpc) is 2.51. The first-order valence-corrected chi connectivity index (χ1v) is 6.79. The molecule has 1 aliphatic rings. The number of anilines is 1. The number of nitrogens with two attached hydrogens (primary N) is 1. The summed E-state index contributed by atoms with van der Waals surface area (Å²) in [6, 6.07) is 6.24. The molecular weight excluding hydrogens is 300 g/mol. The number of nitrogens with zero attached hydrogens (tertiary/aromatic N) is 3. The maximum Gasteiger partial charge on any atom is 0.329 e. The molecule has 1 atom stereocenters. The van der Waals surface area contributed by atoms with Crippen molar-refractivity contribution < 1.29 is 9.59 Å². The maximum absolute atomic E-state index is 12.3. The molecule has 4 N–H and O–H groups in total. The molecule has 1 aromatic carbocycles. The number of fused-ring (bicyclic) bond motifs is 1. The Morgan fingerprint density at radius 3 is 2.78 bits per heavy atom. The topological polar surface area (TPSA) is 122 Å². The summed E-state index contributed by atoms with van der Waals surface area (Å²) in [5, 5.41) is 5.06. The predicted octanol–water partition coefficient (Wildman–Crippen LogP) is -0.384. The fraction of sp³-hybridized carbons (Fsp3) is 0.143. The van der Waals surface area contributed by atoms with E-state index in [1.807, 2.05) is 0 Å². The molecule has 0 fully saturated rings. The van der Waals surface area contributed by atoms with Crippen LogP contribution in [0.4, 0.5) is 10.6 Å². The van der Waals surface area contributed by atoms with Gasteiger partial charge in [-0.1, -0.05) is 12.1 Å². The normalized spacial score (nSPS) is 17.2. The van der Waals surface area contributed by atoms with Crippen molar-refractivity contribution in [3.8, 4) is 0 Å². The Labute approximate surface area is 130 Å². The molecule has 0 radical (unpaired) electrons. The Morgan fingerprint density at radius 1 is 1.35 bits per heavy atom. The second kappa shape index (κ2) is 5.44. The highest BCUT2D eigenvalue weighted by Crippen LogP contribution is 2.15. The van der Waals surface area contributed by atoms with Crippen LogP contribution >= 0.6 is 0 Å². The molecule has 0 spiro atoms. The van der Waals surface area contributed by atoms with Crippen molar-refractivity contribution in [1.82, 2.24) is 20.3 Å². The summed E-state index contributed by atoms with van der Waals surface area (Å²) in [7, 11) is 0. The van der Waals surface area contributed by atoms with Gasteiger partial charge in [0.25, 0.3) is 0 Å². The number of carbonyl (C=O) groups excluding carboxylic acids is 2. The highest BCUT2D eigenvalue weighted by atomic mass is 16.2. The zero-order valence-corrected chi connectivity index (χ0v) is 12.2. The van der Waals surface area contributed by atoms with Crippen LogP contribution in [0.5, 0.6) is 0 Å². The van der Waals surface area contributed by atoms with Gasteiger partial charge in [-0.05, 0) is 18.2 Å². The van der Waals surface area contributed by atoms with E-state index >= 15 is 0 Å². The molecule has 2 aromatic rings. The van der Waals surface area contributed by atoms with Crippen LogP contribution in [0.1, 0.15) is 6.92 Å². The Kier molecular flexibility index (Phi) is 3.45. The highest BCUT2D eigenvalue weighted by molar-refractivity contribution is 5.95. The lowest BCUT2D eigenvalue weighted by Crippen LogP contribution is -2.54. The lowest BCUT2D eigenvalue weighted by molar-refractivity contribution is -0.119. The third kappa shape index (κ3) is 2.59. The number of hydrogen-bond donors (Lipinski definition) is 3. The number of benzene rings is 1. The number of aromatic nitrogens is 2. The van der Waals surface area contributed by atoms with E-state index in [1.165, 1.54) is 19.2 Å². The van der Waals surface area contributed by atoms with Crippen molar-refractivity contribution in [2.24, 2.45) is 0 Å².